The van der Waals surface area contributed by atoms with Gasteiger partial charge < -0.3 is 14.8 Å². The van der Waals surface area contributed by atoms with E-state index in [2.05, 4.69) is 58.1 Å². The Morgan fingerprint density at radius 1 is 1.07 bits per heavy atom. The molecule has 0 amide bonds. The molecule has 4 rings (SSSR count). The number of allylic oxidation sites excluding steroid dienone is 1. The smallest absolute Gasteiger partial charge is 0.248 e. The van der Waals surface area contributed by atoms with Crippen LogP contribution in [0.25, 0.3) is 5.70 Å². The molecule has 7 nitrogen and oxygen atoms in total. The van der Waals surface area contributed by atoms with Gasteiger partial charge in [0.2, 0.25) is 5.95 Å². The van der Waals surface area contributed by atoms with Gasteiger partial charge in [0.25, 0.3) is 0 Å². The molecule has 0 saturated carbocycles. The second-order valence-electron chi connectivity index (χ2n) is 6.23. The first-order valence-corrected chi connectivity index (χ1v) is 8.82. The predicted molar refractivity (Wildman–Crippen MR) is 103 cm³/mol. The highest BCUT2D eigenvalue weighted by Gasteiger charge is 2.27. The summed E-state index contributed by atoms with van der Waals surface area (Å²) in [5.74, 6) is 1.93. The van der Waals surface area contributed by atoms with Crippen LogP contribution in [0.2, 0.25) is 0 Å². The molecule has 0 saturated heterocycles. The fraction of sp³-hybridized carbons (Fsp3) is 0.250. The van der Waals surface area contributed by atoms with E-state index in [-0.39, 0.29) is 6.04 Å². The van der Waals surface area contributed by atoms with Gasteiger partial charge in [-0.3, -0.25) is 0 Å². The molecule has 1 aromatic heterocycles. The molecular weight excluding hydrogens is 342 g/mol. The first-order chi connectivity index (χ1) is 13.2. The maximum atomic E-state index is 5.63. The lowest BCUT2D eigenvalue weighted by molar-refractivity contribution is 0.348. The van der Waals surface area contributed by atoms with E-state index in [9.17, 15) is 0 Å². The lowest BCUT2D eigenvalue weighted by Crippen LogP contribution is -2.21. The zero-order valence-corrected chi connectivity index (χ0v) is 15.5. The molecule has 1 N–H and O–H groups in total. The molecule has 0 radical (unpaired) electrons. The average molecular weight is 363 g/mol. The van der Waals surface area contributed by atoms with Gasteiger partial charge in [-0.2, -0.15) is 4.68 Å². The predicted octanol–water partition coefficient (Wildman–Crippen LogP) is 3.31. The van der Waals surface area contributed by atoms with Crippen LogP contribution >= 0.6 is 0 Å². The summed E-state index contributed by atoms with van der Waals surface area (Å²) in [6, 6.07) is 14.1. The number of benzene rings is 2. The Bertz CT molecular complexity index is 978. The van der Waals surface area contributed by atoms with Gasteiger partial charge in [-0.25, -0.2) is 0 Å². The highest BCUT2D eigenvalue weighted by molar-refractivity contribution is 5.77. The van der Waals surface area contributed by atoms with Crippen LogP contribution in [0, 0.1) is 0 Å². The molecule has 1 atom stereocenters. The summed E-state index contributed by atoms with van der Waals surface area (Å²) in [6.07, 6.45) is 3.11. The molecule has 27 heavy (non-hydrogen) atoms. The monoisotopic (exact) mass is 363 g/mol. The molecule has 2 heterocycles. The minimum atomic E-state index is -0.220. The first kappa shape index (κ1) is 17.1. The number of nitrogens with one attached hydrogen (secondary N) is 1. The molecule has 0 fully saturated rings. The van der Waals surface area contributed by atoms with E-state index in [4.69, 9.17) is 9.47 Å². The van der Waals surface area contributed by atoms with Crippen LogP contribution in [-0.2, 0) is 6.42 Å². The van der Waals surface area contributed by atoms with Crippen molar-refractivity contribution in [3.63, 3.8) is 0 Å². The Labute approximate surface area is 157 Å². The molecule has 0 aliphatic carbocycles. The van der Waals surface area contributed by atoms with Crippen LogP contribution in [0.4, 0.5) is 5.95 Å². The van der Waals surface area contributed by atoms with Crippen molar-refractivity contribution in [1.29, 1.82) is 0 Å². The fourth-order valence-corrected chi connectivity index (χ4v) is 3.31. The van der Waals surface area contributed by atoms with Crippen molar-refractivity contribution >= 4 is 11.6 Å². The quantitative estimate of drug-likeness (QED) is 0.750. The molecule has 2 aromatic carbocycles. The number of hydrogen-bond acceptors (Lipinski definition) is 6. The number of para-hydroxylation sites is 1. The van der Waals surface area contributed by atoms with Gasteiger partial charge in [0.05, 0.1) is 14.2 Å². The Hall–Kier alpha value is -3.35. The SMILES string of the molecule is CCc1ccc(C2=C[C@@H](c3cccc(OC)c3OC)n3nnnc3N2)cc1. The second-order valence-corrected chi connectivity index (χ2v) is 6.23. The maximum Gasteiger partial charge on any atom is 0.248 e. The second kappa shape index (κ2) is 7.11. The number of ether oxygens (including phenoxy) is 2. The van der Waals surface area contributed by atoms with Crippen molar-refractivity contribution in [3.05, 3.63) is 65.2 Å². The summed E-state index contributed by atoms with van der Waals surface area (Å²) < 4.78 is 12.8. The number of aryl methyl sites for hydroxylation is 1. The van der Waals surface area contributed by atoms with Gasteiger partial charge in [-0.15, -0.1) is 0 Å². The third kappa shape index (κ3) is 3.01. The largest absolute Gasteiger partial charge is 0.493 e. The summed E-state index contributed by atoms with van der Waals surface area (Å²) in [6.45, 7) is 2.15. The highest BCUT2D eigenvalue weighted by atomic mass is 16.5. The first-order valence-electron chi connectivity index (χ1n) is 8.82. The van der Waals surface area contributed by atoms with Crippen molar-refractivity contribution in [2.75, 3.05) is 19.5 Å². The molecule has 0 unspecified atom stereocenters. The number of fused-ring (bicyclic) bond motifs is 1. The van der Waals surface area contributed by atoms with E-state index >= 15 is 0 Å². The molecule has 138 valence electrons. The third-order valence-electron chi connectivity index (χ3n) is 4.75. The van der Waals surface area contributed by atoms with Crippen molar-refractivity contribution in [1.82, 2.24) is 20.2 Å². The Balaban J connectivity index is 1.82. The van der Waals surface area contributed by atoms with Crippen LogP contribution in [0.5, 0.6) is 11.5 Å². The Kier molecular flexibility index (Phi) is 4.50. The third-order valence-corrected chi connectivity index (χ3v) is 4.75. The van der Waals surface area contributed by atoms with Crippen molar-refractivity contribution < 1.29 is 9.47 Å². The molecule has 1 aliphatic rings. The van der Waals surface area contributed by atoms with Crippen LogP contribution < -0.4 is 14.8 Å². The van der Waals surface area contributed by atoms with Crippen LogP contribution in [-0.4, -0.2) is 34.4 Å². The summed E-state index contributed by atoms with van der Waals surface area (Å²) in [5, 5.41) is 15.4. The van der Waals surface area contributed by atoms with Crippen LogP contribution in [0.3, 0.4) is 0 Å². The molecular formula is C20H21N5O2. The highest BCUT2D eigenvalue weighted by Crippen LogP contribution is 2.40. The minimum Gasteiger partial charge on any atom is -0.493 e. The Morgan fingerprint density at radius 2 is 1.89 bits per heavy atom. The minimum absolute atomic E-state index is 0.220. The maximum absolute atomic E-state index is 5.63. The number of rotatable bonds is 5. The molecule has 7 heteroatoms. The fourth-order valence-electron chi connectivity index (χ4n) is 3.31. The number of methoxy groups -OCH3 is 2. The molecule has 0 bridgehead atoms. The van der Waals surface area contributed by atoms with E-state index in [0.29, 0.717) is 17.4 Å². The van der Waals surface area contributed by atoms with Crippen molar-refractivity contribution in [3.8, 4) is 11.5 Å². The summed E-state index contributed by atoms with van der Waals surface area (Å²) in [7, 11) is 3.26. The van der Waals surface area contributed by atoms with E-state index in [1.165, 1.54) is 5.56 Å². The topological polar surface area (TPSA) is 74.1 Å². The standard InChI is InChI=1S/C20H21N5O2/c1-4-13-8-10-14(11-9-13)16-12-17(25-20(21-16)22-23-24-25)15-6-5-7-18(26-2)19(15)27-3/h5-12,17H,4H2,1-3H3,(H,21,22,24)/t17-/m0/s1. The van der Waals surface area contributed by atoms with Gasteiger partial charge >= 0.3 is 0 Å². The van der Waals surface area contributed by atoms with E-state index in [1.807, 2.05) is 18.2 Å². The van der Waals surface area contributed by atoms with E-state index in [0.717, 1.165) is 23.2 Å². The van der Waals surface area contributed by atoms with Gasteiger partial charge in [-0.05, 0) is 40.1 Å². The van der Waals surface area contributed by atoms with Crippen LogP contribution in [0.1, 0.15) is 29.7 Å². The summed E-state index contributed by atoms with van der Waals surface area (Å²) >= 11 is 0. The lowest BCUT2D eigenvalue weighted by Gasteiger charge is -2.25. The summed E-state index contributed by atoms with van der Waals surface area (Å²) in [5.41, 5.74) is 4.25. The Morgan fingerprint density at radius 3 is 2.59 bits per heavy atom. The number of anilines is 1. The van der Waals surface area contributed by atoms with E-state index in [1.54, 1.807) is 18.9 Å². The normalized spacial score (nSPS) is 15.5. The number of aromatic nitrogens is 4. The van der Waals surface area contributed by atoms with Gasteiger partial charge in [0.1, 0.15) is 6.04 Å². The zero-order valence-electron chi connectivity index (χ0n) is 15.5. The average Bonchev–Trinajstić information content (AvgIpc) is 3.21. The van der Waals surface area contributed by atoms with Crippen molar-refractivity contribution in [2.24, 2.45) is 0 Å². The number of nitrogens with zero attached hydrogens (tertiary/aromatic N) is 4. The van der Waals surface area contributed by atoms with Gasteiger partial charge in [0.15, 0.2) is 11.5 Å². The summed E-state index contributed by atoms with van der Waals surface area (Å²) in [4.78, 5) is 0. The number of hydrogen-bond donors (Lipinski definition) is 1. The lowest BCUT2D eigenvalue weighted by atomic mass is 9.99. The number of tetrazole rings is 1. The van der Waals surface area contributed by atoms with Gasteiger partial charge in [0, 0.05) is 11.3 Å². The molecule has 1 aliphatic heterocycles. The van der Waals surface area contributed by atoms with Crippen molar-refractivity contribution in [2.45, 2.75) is 19.4 Å². The zero-order chi connectivity index (χ0) is 18.8. The van der Waals surface area contributed by atoms with Crippen LogP contribution in [0.15, 0.2) is 48.5 Å². The van der Waals surface area contributed by atoms with E-state index < -0.39 is 0 Å². The molecule has 0 spiro atoms. The van der Waals surface area contributed by atoms with Gasteiger partial charge in [-0.1, -0.05) is 48.4 Å². The molecule has 3 aromatic rings.